The van der Waals surface area contributed by atoms with Crippen LogP contribution in [-0.2, 0) is 9.59 Å². The SMILES string of the molecule is CCCNC(=O)C1(CCC)C=NC=C(C(N)=O)C1. The Kier molecular flexibility index (Phi) is 5.07. The van der Waals surface area contributed by atoms with Gasteiger partial charge in [0, 0.05) is 24.5 Å². The fraction of sp³-hybridized carbons (Fsp3) is 0.615. The number of nitrogens with two attached hydrogens (primary N) is 1. The van der Waals surface area contributed by atoms with E-state index < -0.39 is 11.3 Å². The van der Waals surface area contributed by atoms with Crippen molar-refractivity contribution in [2.45, 2.75) is 39.5 Å². The molecule has 0 radical (unpaired) electrons. The maximum Gasteiger partial charge on any atom is 0.246 e. The lowest BCUT2D eigenvalue weighted by Gasteiger charge is -2.30. The molecule has 0 spiro atoms. The van der Waals surface area contributed by atoms with Gasteiger partial charge in [-0.3, -0.25) is 14.6 Å². The Hall–Kier alpha value is -1.65. The minimum absolute atomic E-state index is 0.0678. The van der Waals surface area contributed by atoms with Gasteiger partial charge in [0.25, 0.3) is 0 Å². The summed E-state index contributed by atoms with van der Waals surface area (Å²) in [6.45, 7) is 4.63. The zero-order valence-electron chi connectivity index (χ0n) is 11.0. The van der Waals surface area contributed by atoms with Crippen LogP contribution in [0.5, 0.6) is 0 Å². The summed E-state index contributed by atoms with van der Waals surface area (Å²) in [7, 11) is 0. The Balaban J connectivity index is 2.89. The van der Waals surface area contributed by atoms with Crippen molar-refractivity contribution < 1.29 is 9.59 Å². The predicted molar refractivity (Wildman–Crippen MR) is 71.0 cm³/mol. The van der Waals surface area contributed by atoms with Gasteiger partial charge in [0.1, 0.15) is 0 Å². The van der Waals surface area contributed by atoms with Crippen molar-refractivity contribution in [1.29, 1.82) is 0 Å². The van der Waals surface area contributed by atoms with Crippen LogP contribution in [0.2, 0.25) is 0 Å². The van der Waals surface area contributed by atoms with Crippen LogP contribution < -0.4 is 11.1 Å². The number of hydrogen-bond acceptors (Lipinski definition) is 3. The molecule has 2 amide bonds. The first kappa shape index (κ1) is 14.4. The number of nitrogens with one attached hydrogen (secondary N) is 1. The third-order valence-corrected chi connectivity index (χ3v) is 3.06. The van der Waals surface area contributed by atoms with Crippen LogP contribution in [0.4, 0.5) is 0 Å². The number of rotatable bonds is 6. The molecule has 1 rings (SSSR count). The Morgan fingerprint density at radius 2 is 2.17 bits per heavy atom. The largest absolute Gasteiger partial charge is 0.366 e. The molecule has 0 saturated heterocycles. The molecule has 0 fully saturated rings. The third-order valence-electron chi connectivity index (χ3n) is 3.06. The van der Waals surface area contributed by atoms with E-state index in [0.717, 1.165) is 12.8 Å². The molecule has 1 aliphatic rings. The number of amides is 2. The van der Waals surface area contributed by atoms with Crippen molar-refractivity contribution in [1.82, 2.24) is 5.32 Å². The van der Waals surface area contributed by atoms with E-state index in [2.05, 4.69) is 10.3 Å². The van der Waals surface area contributed by atoms with Crippen molar-refractivity contribution in [3.05, 3.63) is 11.8 Å². The molecule has 5 heteroatoms. The third kappa shape index (κ3) is 3.18. The van der Waals surface area contributed by atoms with E-state index in [1.165, 1.54) is 6.20 Å². The molecule has 0 saturated carbocycles. The van der Waals surface area contributed by atoms with E-state index in [9.17, 15) is 9.59 Å². The van der Waals surface area contributed by atoms with Gasteiger partial charge in [0.05, 0.1) is 5.41 Å². The fourth-order valence-electron chi connectivity index (χ4n) is 2.12. The molecule has 0 bridgehead atoms. The maximum absolute atomic E-state index is 12.3. The number of carbonyl (C=O) groups is 2. The lowest BCUT2D eigenvalue weighted by molar-refractivity contribution is -0.127. The second-order valence-corrected chi connectivity index (χ2v) is 4.64. The maximum atomic E-state index is 12.3. The molecule has 1 unspecified atom stereocenters. The molecule has 100 valence electrons. The molecule has 1 heterocycles. The highest BCUT2D eigenvalue weighted by molar-refractivity contribution is 6.03. The van der Waals surface area contributed by atoms with Crippen molar-refractivity contribution in [2.24, 2.45) is 16.1 Å². The van der Waals surface area contributed by atoms with E-state index in [-0.39, 0.29) is 5.91 Å². The summed E-state index contributed by atoms with van der Waals surface area (Å²) < 4.78 is 0. The highest BCUT2D eigenvalue weighted by Crippen LogP contribution is 2.33. The van der Waals surface area contributed by atoms with Gasteiger partial charge in [-0.15, -0.1) is 0 Å². The summed E-state index contributed by atoms with van der Waals surface area (Å²) >= 11 is 0. The first-order valence-corrected chi connectivity index (χ1v) is 6.37. The molecule has 0 aromatic carbocycles. The summed E-state index contributed by atoms with van der Waals surface area (Å²) in [4.78, 5) is 27.5. The van der Waals surface area contributed by atoms with Crippen LogP contribution in [-0.4, -0.2) is 24.6 Å². The van der Waals surface area contributed by atoms with Gasteiger partial charge in [-0.1, -0.05) is 20.3 Å². The predicted octanol–water partition coefficient (Wildman–Crippen LogP) is 1.14. The van der Waals surface area contributed by atoms with Crippen molar-refractivity contribution in [3.63, 3.8) is 0 Å². The monoisotopic (exact) mass is 251 g/mol. The standard InChI is InChI=1S/C13H21N3O2/c1-3-5-13(12(18)16-6-4-2)7-10(11(14)17)8-15-9-13/h8-9H,3-7H2,1-2H3,(H2,14,17)(H,16,18). The fourth-order valence-corrected chi connectivity index (χ4v) is 2.12. The van der Waals surface area contributed by atoms with Crippen molar-refractivity contribution in [3.8, 4) is 0 Å². The average Bonchev–Trinajstić information content (AvgIpc) is 2.36. The highest BCUT2D eigenvalue weighted by Gasteiger charge is 2.38. The molecular weight excluding hydrogens is 230 g/mol. The first-order chi connectivity index (χ1) is 8.55. The minimum Gasteiger partial charge on any atom is -0.366 e. The Morgan fingerprint density at radius 3 is 2.72 bits per heavy atom. The Labute approximate surface area is 108 Å². The molecule has 3 N–H and O–H groups in total. The van der Waals surface area contributed by atoms with Gasteiger partial charge in [-0.05, 0) is 19.3 Å². The van der Waals surface area contributed by atoms with Crippen LogP contribution in [0.3, 0.4) is 0 Å². The zero-order valence-corrected chi connectivity index (χ0v) is 11.0. The van der Waals surface area contributed by atoms with E-state index in [4.69, 9.17) is 5.73 Å². The topological polar surface area (TPSA) is 84.6 Å². The first-order valence-electron chi connectivity index (χ1n) is 6.37. The second kappa shape index (κ2) is 6.33. The quantitative estimate of drug-likeness (QED) is 0.742. The van der Waals surface area contributed by atoms with E-state index in [1.807, 2.05) is 13.8 Å². The van der Waals surface area contributed by atoms with E-state index >= 15 is 0 Å². The lowest BCUT2D eigenvalue weighted by atomic mass is 9.76. The van der Waals surface area contributed by atoms with Crippen LogP contribution in [0, 0.1) is 5.41 Å². The van der Waals surface area contributed by atoms with Crippen LogP contribution in [0.15, 0.2) is 16.8 Å². The highest BCUT2D eigenvalue weighted by atomic mass is 16.2. The molecule has 18 heavy (non-hydrogen) atoms. The van der Waals surface area contributed by atoms with Crippen molar-refractivity contribution in [2.75, 3.05) is 6.54 Å². The molecular formula is C13H21N3O2. The average molecular weight is 251 g/mol. The minimum atomic E-state index is -0.719. The molecule has 0 aromatic rings. The van der Waals surface area contributed by atoms with Gasteiger partial charge in [-0.2, -0.15) is 0 Å². The molecule has 1 aliphatic heterocycles. The molecule has 1 atom stereocenters. The van der Waals surface area contributed by atoms with Gasteiger partial charge in [0.15, 0.2) is 0 Å². The van der Waals surface area contributed by atoms with E-state index in [1.54, 1.807) is 6.21 Å². The van der Waals surface area contributed by atoms with Gasteiger partial charge in [0.2, 0.25) is 11.8 Å². The van der Waals surface area contributed by atoms with Gasteiger partial charge >= 0.3 is 0 Å². The smallest absolute Gasteiger partial charge is 0.246 e. The van der Waals surface area contributed by atoms with Crippen LogP contribution in [0.25, 0.3) is 0 Å². The summed E-state index contributed by atoms with van der Waals surface area (Å²) in [6, 6.07) is 0. The Morgan fingerprint density at radius 1 is 1.44 bits per heavy atom. The van der Waals surface area contributed by atoms with Crippen LogP contribution in [0.1, 0.15) is 39.5 Å². The number of nitrogens with zero attached hydrogens (tertiary/aromatic N) is 1. The molecule has 0 aromatic heterocycles. The number of primary amides is 1. The second-order valence-electron chi connectivity index (χ2n) is 4.64. The normalized spacial score (nSPS) is 22.4. The van der Waals surface area contributed by atoms with Gasteiger partial charge in [-0.25, -0.2) is 0 Å². The van der Waals surface area contributed by atoms with Crippen LogP contribution >= 0.6 is 0 Å². The summed E-state index contributed by atoms with van der Waals surface area (Å²) in [5, 5.41) is 2.88. The number of hydrogen-bond donors (Lipinski definition) is 2. The van der Waals surface area contributed by atoms with Crippen molar-refractivity contribution >= 4 is 18.0 Å². The Bertz CT molecular complexity index is 388. The van der Waals surface area contributed by atoms with Gasteiger partial charge < -0.3 is 11.1 Å². The zero-order chi connectivity index (χ0) is 13.6. The number of carbonyl (C=O) groups excluding carboxylic acids is 2. The number of aliphatic imine (C=N–C) groups is 1. The summed E-state index contributed by atoms with van der Waals surface area (Å²) in [5.41, 5.74) is 4.97. The molecule has 0 aliphatic carbocycles. The lowest BCUT2D eigenvalue weighted by Crippen LogP contribution is -2.44. The summed E-state index contributed by atoms with van der Waals surface area (Å²) in [5.74, 6) is -0.572. The summed E-state index contributed by atoms with van der Waals surface area (Å²) in [6.07, 6.45) is 5.82. The molecule has 5 nitrogen and oxygen atoms in total. The van der Waals surface area contributed by atoms with E-state index in [0.29, 0.717) is 25.0 Å².